The first-order chi connectivity index (χ1) is 11.6. The first-order valence-electron chi connectivity index (χ1n) is 7.89. The summed E-state index contributed by atoms with van der Waals surface area (Å²) in [5, 5.41) is 9.89. The molecular formula is C19H21NO4. The Morgan fingerprint density at radius 2 is 2.04 bits per heavy atom. The smallest absolute Gasteiger partial charge is 0.337 e. The van der Waals surface area contributed by atoms with Gasteiger partial charge < -0.3 is 14.6 Å². The number of hydrogen-bond acceptors (Lipinski definition) is 5. The van der Waals surface area contributed by atoms with Gasteiger partial charge in [0.1, 0.15) is 0 Å². The Kier molecular flexibility index (Phi) is 4.71. The van der Waals surface area contributed by atoms with Crippen molar-refractivity contribution in [2.75, 3.05) is 20.8 Å². The number of phenolic OH excluding ortho intramolecular Hbond substituents is 1. The van der Waals surface area contributed by atoms with Gasteiger partial charge in [-0.25, -0.2) is 4.79 Å². The van der Waals surface area contributed by atoms with Gasteiger partial charge in [0.2, 0.25) is 0 Å². The van der Waals surface area contributed by atoms with Crippen LogP contribution in [-0.4, -0.2) is 36.7 Å². The van der Waals surface area contributed by atoms with Crippen LogP contribution < -0.4 is 4.74 Å². The summed E-state index contributed by atoms with van der Waals surface area (Å²) in [6, 6.07) is 11.2. The molecule has 3 rings (SSSR count). The molecule has 0 bridgehead atoms. The molecule has 0 aromatic heterocycles. The molecule has 2 aromatic carbocycles. The van der Waals surface area contributed by atoms with Gasteiger partial charge >= 0.3 is 5.97 Å². The third-order valence-corrected chi connectivity index (χ3v) is 4.35. The van der Waals surface area contributed by atoms with E-state index in [1.807, 2.05) is 24.3 Å². The fourth-order valence-electron chi connectivity index (χ4n) is 3.10. The molecule has 0 saturated heterocycles. The Bertz CT molecular complexity index is 757. The highest BCUT2D eigenvalue weighted by molar-refractivity contribution is 5.89. The number of hydrogen-bond donors (Lipinski definition) is 1. The molecule has 24 heavy (non-hydrogen) atoms. The normalized spacial score (nSPS) is 14.1. The molecule has 0 radical (unpaired) electrons. The van der Waals surface area contributed by atoms with Crippen LogP contribution in [0.4, 0.5) is 0 Å². The summed E-state index contributed by atoms with van der Waals surface area (Å²) in [5.41, 5.74) is 3.97. The minimum atomic E-state index is -0.318. The van der Waals surface area contributed by atoms with E-state index < -0.39 is 0 Å². The van der Waals surface area contributed by atoms with Crippen LogP contribution in [0.3, 0.4) is 0 Å². The first-order valence-corrected chi connectivity index (χ1v) is 7.89. The third-order valence-electron chi connectivity index (χ3n) is 4.35. The maximum Gasteiger partial charge on any atom is 0.337 e. The predicted octanol–water partition coefficient (Wildman–Crippen LogP) is 2.75. The van der Waals surface area contributed by atoms with Crippen molar-refractivity contribution in [3.05, 3.63) is 58.7 Å². The van der Waals surface area contributed by atoms with Gasteiger partial charge in [-0.1, -0.05) is 12.1 Å². The Morgan fingerprint density at radius 1 is 1.21 bits per heavy atom. The second-order valence-electron chi connectivity index (χ2n) is 5.95. The van der Waals surface area contributed by atoms with Crippen LogP contribution in [0.2, 0.25) is 0 Å². The van der Waals surface area contributed by atoms with E-state index in [4.69, 9.17) is 9.47 Å². The van der Waals surface area contributed by atoms with Crippen LogP contribution in [0.25, 0.3) is 0 Å². The third kappa shape index (κ3) is 3.36. The van der Waals surface area contributed by atoms with Crippen molar-refractivity contribution >= 4 is 5.97 Å². The van der Waals surface area contributed by atoms with Crippen molar-refractivity contribution in [1.82, 2.24) is 4.90 Å². The van der Waals surface area contributed by atoms with Gasteiger partial charge in [-0.15, -0.1) is 0 Å². The summed E-state index contributed by atoms with van der Waals surface area (Å²) in [4.78, 5) is 14.0. The largest absolute Gasteiger partial charge is 0.504 e. The maximum atomic E-state index is 11.7. The van der Waals surface area contributed by atoms with E-state index >= 15 is 0 Å². The lowest BCUT2D eigenvalue weighted by Crippen LogP contribution is -2.30. The van der Waals surface area contributed by atoms with Gasteiger partial charge in [-0.05, 0) is 47.4 Å². The van der Waals surface area contributed by atoms with Gasteiger partial charge in [0, 0.05) is 19.6 Å². The fourth-order valence-corrected chi connectivity index (χ4v) is 3.10. The number of fused-ring (bicyclic) bond motifs is 1. The van der Waals surface area contributed by atoms with Gasteiger partial charge in [0.15, 0.2) is 11.5 Å². The average molecular weight is 327 g/mol. The zero-order valence-corrected chi connectivity index (χ0v) is 13.9. The van der Waals surface area contributed by atoms with Crippen LogP contribution >= 0.6 is 0 Å². The quantitative estimate of drug-likeness (QED) is 0.875. The summed E-state index contributed by atoms with van der Waals surface area (Å²) in [6.07, 6.45) is 0.879. The molecule has 1 heterocycles. The minimum absolute atomic E-state index is 0.190. The molecule has 0 spiro atoms. The Labute approximate surface area is 141 Å². The molecule has 0 unspecified atom stereocenters. The van der Waals surface area contributed by atoms with Crippen LogP contribution in [0.5, 0.6) is 11.5 Å². The number of ether oxygens (including phenoxy) is 2. The molecule has 0 amide bonds. The molecule has 2 aromatic rings. The summed E-state index contributed by atoms with van der Waals surface area (Å²) in [6.45, 7) is 2.45. The number of phenols is 1. The number of carbonyl (C=O) groups excluding carboxylic acids is 1. The molecule has 0 aliphatic carbocycles. The van der Waals surface area contributed by atoms with Crippen molar-refractivity contribution in [3.63, 3.8) is 0 Å². The maximum absolute atomic E-state index is 11.7. The lowest BCUT2D eigenvalue weighted by atomic mass is 9.98. The lowest BCUT2D eigenvalue weighted by Gasteiger charge is -2.29. The molecule has 1 aliphatic rings. The Morgan fingerprint density at radius 3 is 2.79 bits per heavy atom. The van der Waals surface area contributed by atoms with Crippen molar-refractivity contribution < 1.29 is 19.4 Å². The van der Waals surface area contributed by atoms with E-state index in [-0.39, 0.29) is 11.7 Å². The molecule has 126 valence electrons. The van der Waals surface area contributed by atoms with Crippen molar-refractivity contribution in [3.8, 4) is 11.5 Å². The molecule has 1 aliphatic heterocycles. The van der Waals surface area contributed by atoms with Crippen molar-refractivity contribution in [2.45, 2.75) is 19.5 Å². The highest BCUT2D eigenvalue weighted by atomic mass is 16.5. The lowest BCUT2D eigenvalue weighted by molar-refractivity contribution is 0.0600. The monoisotopic (exact) mass is 327 g/mol. The molecule has 1 N–H and O–H groups in total. The van der Waals surface area contributed by atoms with Crippen LogP contribution in [0, 0.1) is 0 Å². The predicted molar refractivity (Wildman–Crippen MR) is 90.3 cm³/mol. The zero-order chi connectivity index (χ0) is 17.1. The fraction of sp³-hybridized carbons (Fsp3) is 0.316. The van der Waals surface area contributed by atoms with E-state index in [0.717, 1.165) is 37.2 Å². The zero-order valence-electron chi connectivity index (χ0n) is 13.9. The Hall–Kier alpha value is -2.53. The SMILES string of the molecule is COC(=O)c1cccc(CN2CCc3cc(O)c(OC)cc3C2)c1. The molecular weight excluding hydrogens is 306 g/mol. The van der Waals surface area contributed by atoms with Crippen LogP contribution in [0.1, 0.15) is 27.0 Å². The van der Waals surface area contributed by atoms with Crippen LogP contribution in [0.15, 0.2) is 36.4 Å². The number of aromatic hydroxyl groups is 1. The minimum Gasteiger partial charge on any atom is -0.504 e. The molecule has 5 heteroatoms. The Balaban J connectivity index is 1.75. The van der Waals surface area contributed by atoms with Gasteiger partial charge in [0.25, 0.3) is 0 Å². The summed E-state index contributed by atoms with van der Waals surface area (Å²) < 4.78 is 9.97. The van der Waals surface area contributed by atoms with Crippen molar-refractivity contribution in [2.24, 2.45) is 0 Å². The second-order valence-corrected chi connectivity index (χ2v) is 5.95. The standard InChI is InChI=1S/C19H21NO4/c1-23-18-10-16-12-20(7-6-14(16)9-17(18)21)11-13-4-3-5-15(8-13)19(22)24-2/h3-5,8-10,21H,6-7,11-12H2,1-2H3. The molecule has 0 saturated carbocycles. The number of carbonyl (C=O) groups is 1. The molecule has 5 nitrogen and oxygen atoms in total. The van der Waals surface area contributed by atoms with Crippen LogP contribution in [-0.2, 0) is 24.2 Å². The number of nitrogens with zero attached hydrogens (tertiary/aromatic N) is 1. The number of rotatable bonds is 4. The van der Waals surface area contributed by atoms with E-state index in [9.17, 15) is 9.90 Å². The average Bonchev–Trinajstić information content (AvgIpc) is 2.61. The molecule has 0 atom stereocenters. The van der Waals surface area contributed by atoms with E-state index in [1.54, 1.807) is 19.2 Å². The van der Waals surface area contributed by atoms with E-state index in [1.165, 1.54) is 12.7 Å². The highest BCUT2D eigenvalue weighted by Crippen LogP contribution is 2.32. The van der Waals surface area contributed by atoms with Crippen molar-refractivity contribution in [1.29, 1.82) is 0 Å². The molecule has 0 fully saturated rings. The number of benzene rings is 2. The van der Waals surface area contributed by atoms with Gasteiger partial charge in [-0.2, -0.15) is 0 Å². The van der Waals surface area contributed by atoms with Gasteiger partial charge in [0.05, 0.1) is 19.8 Å². The summed E-state index contributed by atoms with van der Waals surface area (Å²) >= 11 is 0. The highest BCUT2D eigenvalue weighted by Gasteiger charge is 2.19. The van der Waals surface area contributed by atoms with E-state index in [2.05, 4.69) is 4.90 Å². The number of esters is 1. The summed E-state index contributed by atoms with van der Waals surface area (Å²) in [7, 11) is 2.94. The first kappa shape index (κ1) is 16.3. The number of methoxy groups -OCH3 is 2. The summed E-state index contributed by atoms with van der Waals surface area (Å²) in [5.74, 6) is 0.375. The topological polar surface area (TPSA) is 59.0 Å². The van der Waals surface area contributed by atoms with Gasteiger partial charge in [-0.3, -0.25) is 4.90 Å². The van der Waals surface area contributed by atoms with E-state index in [0.29, 0.717) is 11.3 Å². The second kappa shape index (κ2) is 6.93.